The number of nitrogens with zero attached hydrogens (tertiary/aromatic N) is 2. The number of hydrogen-bond donors (Lipinski definition) is 0. The SMILES string of the molecule is COC(=O)c1ccc(OCc2ccccc2)c(Oc2cc(C#N)cc(C(F)(F)F)n2)c1. The molecule has 0 aliphatic carbocycles. The Bertz CT molecular complexity index is 1130. The van der Waals surface area contributed by atoms with Crippen LogP contribution in [0.25, 0.3) is 0 Å². The third-order valence-corrected chi connectivity index (χ3v) is 4.04. The second kappa shape index (κ2) is 9.17. The van der Waals surface area contributed by atoms with Gasteiger partial charge in [-0.05, 0) is 29.8 Å². The fourth-order valence-corrected chi connectivity index (χ4v) is 2.57. The van der Waals surface area contributed by atoms with E-state index in [2.05, 4.69) is 9.72 Å². The van der Waals surface area contributed by atoms with Gasteiger partial charge >= 0.3 is 12.1 Å². The lowest BCUT2D eigenvalue weighted by Crippen LogP contribution is -2.09. The zero-order chi connectivity index (χ0) is 22.4. The fraction of sp³-hybridized carbons (Fsp3) is 0.136. The maximum absolute atomic E-state index is 13.1. The monoisotopic (exact) mass is 428 g/mol. The second-order valence-corrected chi connectivity index (χ2v) is 6.22. The van der Waals surface area contributed by atoms with E-state index < -0.39 is 23.7 Å². The lowest BCUT2D eigenvalue weighted by atomic mass is 10.2. The van der Waals surface area contributed by atoms with Crippen molar-refractivity contribution in [1.82, 2.24) is 4.98 Å². The third-order valence-electron chi connectivity index (χ3n) is 4.04. The molecule has 0 N–H and O–H groups in total. The number of carbonyl (C=O) groups is 1. The van der Waals surface area contributed by atoms with Crippen molar-refractivity contribution < 1.29 is 32.2 Å². The number of nitriles is 1. The van der Waals surface area contributed by atoms with E-state index in [0.717, 1.165) is 11.6 Å². The van der Waals surface area contributed by atoms with Gasteiger partial charge < -0.3 is 14.2 Å². The molecule has 9 heteroatoms. The van der Waals surface area contributed by atoms with Gasteiger partial charge in [0.1, 0.15) is 12.3 Å². The van der Waals surface area contributed by atoms with Gasteiger partial charge in [-0.15, -0.1) is 0 Å². The summed E-state index contributed by atoms with van der Waals surface area (Å²) in [5.41, 5.74) is -0.628. The number of ether oxygens (including phenoxy) is 3. The first-order valence-corrected chi connectivity index (χ1v) is 8.86. The van der Waals surface area contributed by atoms with Crippen molar-refractivity contribution in [3.8, 4) is 23.4 Å². The second-order valence-electron chi connectivity index (χ2n) is 6.22. The summed E-state index contributed by atoms with van der Waals surface area (Å²) in [6.45, 7) is 0.147. The van der Waals surface area contributed by atoms with E-state index in [4.69, 9.17) is 14.7 Å². The Morgan fingerprint density at radius 1 is 1.06 bits per heavy atom. The first-order valence-electron chi connectivity index (χ1n) is 8.86. The van der Waals surface area contributed by atoms with Crippen LogP contribution in [0.3, 0.4) is 0 Å². The van der Waals surface area contributed by atoms with Gasteiger partial charge in [0, 0.05) is 6.07 Å². The number of pyridine rings is 1. The number of hydrogen-bond acceptors (Lipinski definition) is 6. The van der Waals surface area contributed by atoms with Crippen LogP contribution < -0.4 is 9.47 Å². The number of aromatic nitrogens is 1. The predicted octanol–water partition coefficient (Wildman–Crippen LogP) is 5.13. The van der Waals surface area contributed by atoms with E-state index in [-0.39, 0.29) is 29.2 Å². The van der Waals surface area contributed by atoms with E-state index in [1.807, 2.05) is 30.3 Å². The lowest BCUT2D eigenvalue weighted by Gasteiger charge is -2.14. The van der Waals surface area contributed by atoms with Crippen molar-refractivity contribution in [2.24, 2.45) is 0 Å². The third kappa shape index (κ3) is 5.51. The first-order chi connectivity index (χ1) is 14.8. The highest BCUT2D eigenvalue weighted by atomic mass is 19.4. The van der Waals surface area contributed by atoms with Gasteiger partial charge in [0.05, 0.1) is 24.3 Å². The minimum Gasteiger partial charge on any atom is -0.485 e. The highest BCUT2D eigenvalue weighted by molar-refractivity contribution is 5.90. The molecule has 0 amide bonds. The normalized spacial score (nSPS) is 10.8. The molecule has 0 atom stereocenters. The Balaban J connectivity index is 1.97. The molecule has 0 saturated heterocycles. The molecule has 0 aliphatic rings. The summed E-state index contributed by atoms with van der Waals surface area (Å²) in [7, 11) is 1.19. The summed E-state index contributed by atoms with van der Waals surface area (Å²) in [5.74, 6) is -1.05. The number of halogens is 3. The van der Waals surface area contributed by atoms with Crippen LogP contribution in [0.4, 0.5) is 13.2 Å². The number of carbonyl (C=O) groups excluding carboxylic acids is 1. The summed E-state index contributed by atoms with van der Waals surface area (Å²) in [6.07, 6.45) is -4.77. The predicted molar refractivity (Wildman–Crippen MR) is 103 cm³/mol. The van der Waals surface area contributed by atoms with Gasteiger partial charge in [-0.2, -0.15) is 18.4 Å². The van der Waals surface area contributed by atoms with Gasteiger partial charge in [-0.25, -0.2) is 9.78 Å². The molecule has 0 radical (unpaired) electrons. The topological polar surface area (TPSA) is 81.4 Å². The molecule has 0 aliphatic heterocycles. The summed E-state index contributed by atoms with van der Waals surface area (Å²) in [5, 5.41) is 9.05. The average Bonchev–Trinajstić information content (AvgIpc) is 2.77. The minimum absolute atomic E-state index is 0.0606. The molecule has 0 fully saturated rings. The Labute approximate surface area is 175 Å². The van der Waals surface area contributed by atoms with Crippen molar-refractivity contribution in [3.05, 3.63) is 83.0 Å². The number of methoxy groups -OCH3 is 1. The van der Waals surface area contributed by atoms with E-state index in [0.29, 0.717) is 6.07 Å². The molecule has 31 heavy (non-hydrogen) atoms. The smallest absolute Gasteiger partial charge is 0.433 e. The molecule has 0 spiro atoms. The highest BCUT2D eigenvalue weighted by Gasteiger charge is 2.33. The molecular weight excluding hydrogens is 413 g/mol. The number of rotatable bonds is 6. The van der Waals surface area contributed by atoms with E-state index in [9.17, 15) is 18.0 Å². The maximum Gasteiger partial charge on any atom is 0.433 e. The number of alkyl halides is 3. The number of esters is 1. The first kappa shape index (κ1) is 21.6. The lowest BCUT2D eigenvalue weighted by molar-refractivity contribution is -0.141. The average molecular weight is 428 g/mol. The Morgan fingerprint density at radius 3 is 2.45 bits per heavy atom. The van der Waals surface area contributed by atoms with E-state index in [1.54, 1.807) is 6.07 Å². The Hall–Kier alpha value is -4.06. The summed E-state index contributed by atoms with van der Waals surface area (Å²) >= 11 is 0. The molecule has 1 aromatic heterocycles. The van der Waals surface area contributed by atoms with Crippen molar-refractivity contribution >= 4 is 5.97 Å². The van der Waals surface area contributed by atoms with Crippen LogP contribution in [0.1, 0.15) is 27.2 Å². The van der Waals surface area contributed by atoms with Crippen molar-refractivity contribution in [2.75, 3.05) is 7.11 Å². The Kier molecular flexibility index (Phi) is 6.40. The van der Waals surface area contributed by atoms with E-state index in [1.165, 1.54) is 25.3 Å². The van der Waals surface area contributed by atoms with Crippen molar-refractivity contribution in [3.63, 3.8) is 0 Å². The van der Waals surface area contributed by atoms with Gasteiger partial charge in [0.25, 0.3) is 0 Å². The van der Waals surface area contributed by atoms with Gasteiger partial charge in [0.2, 0.25) is 5.88 Å². The van der Waals surface area contributed by atoms with Crippen LogP contribution in [0.15, 0.2) is 60.7 Å². The van der Waals surface area contributed by atoms with Crippen LogP contribution in [0, 0.1) is 11.3 Å². The largest absolute Gasteiger partial charge is 0.485 e. The molecule has 2 aromatic carbocycles. The number of benzene rings is 2. The van der Waals surface area contributed by atoms with Crippen LogP contribution in [-0.2, 0) is 17.5 Å². The van der Waals surface area contributed by atoms with Gasteiger partial charge in [-0.1, -0.05) is 30.3 Å². The molecular formula is C22H15F3N2O4. The molecule has 0 bridgehead atoms. The zero-order valence-electron chi connectivity index (χ0n) is 16.1. The fourth-order valence-electron chi connectivity index (χ4n) is 2.57. The molecule has 3 rings (SSSR count). The molecule has 158 valence electrons. The minimum atomic E-state index is -4.77. The molecule has 0 unspecified atom stereocenters. The molecule has 6 nitrogen and oxygen atoms in total. The standard InChI is InChI=1S/C22H15F3N2O4/c1-29-21(28)16-7-8-17(30-13-14-5-3-2-4-6-14)18(11-16)31-20-10-15(12-26)9-19(27-20)22(23,24)25/h2-11H,13H2,1H3. The maximum atomic E-state index is 13.1. The summed E-state index contributed by atoms with van der Waals surface area (Å²) < 4.78 is 55.3. The van der Waals surface area contributed by atoms with Crippen LogP contribution in [-0.4, -0.2) is 18.1 Å². The van der Waals surface area contributed by atoms with Gasteiger partial charge in [-0.3, -0.25) is 0 Å². The summed E-state index contributed by atoms with van der Waals surface area (Å²) in [4.78, 5) is 15.3. The van der Waals surface area contributed by atoms with Crippen LogP contribution >= 0.6 is 0 Å². The van der Waals surface area contributed by atoms with E-state index >= 15 is 0 Å². The van der Waals surface area contributed by atoms with Crippen LogP contribution in [0.5, 0.6) is 17.4 Å². The molecule has 1 heterocycles. The van der Waals surface area contributed by atoms with Gasteiger partial charge in [0.15, 0.2) is 11.5 Å². The van der Waals surface area contributed by atoms with Crippen molar-refractivity contribution in [2.45, 2.75) is 12.8 Å². The Morgan fingerprint density at radius 2 is 1.81 bits per heavy atom. The van der Waals surface area contributed by atoms with Crippen LogP contribution in [0.2, 0.25) is 0 Å². The highest BCUT2D eigenvalue weighted by Crippen LogP contribution is 2.35. The van der Waals surface area contributed by atoms with Crippen molar-refractivity contribution in [1.29, 1.82) is 5.26 Å². The zero-order valence-corrected chi connectivity index (χ0v) is 16.1. The molecule has 3 aromatic rings. The quantitative estimate of drug-likeness (QED) is 0.507. The molecule has 0 saturated carbocycles. The summed E-state index contributed by atoms with van der Waals surface area (Å²) in [6, 6.07) is 16.6.